The van der Waals surface area contributed by atoms with E-state index in [-0.39, 0.29) is 5.91 Å². The highest BCUT2D eigenvalue weighted by Gasteiger charge is 2.25. The molecule has 1 fully saturated rings. The number of amides is 1. The van der Waals surface area contributed by atoms with Gasteiger partial charge in [-0.2, -0.15) is 4.98 Å². The van der Waals surface area contributed by atoms with Gasteiger partial charge in [-0.25, -0.2) is 0 Å². The zero-order valence-electron chi connectivity index (χ0n) is 19.2. The molecule has 0 saturated carbocycles. The first kappa shape index (κ1) is 20.8. The van der Waals surface area contributed by atoms with Gasteiger partial charge in [-0.15, -0.1) is 0 Å². The van der Waals surface area contributed by atoms with Crippen molar-refractivity contribution in [1.29, 1.82) is 0 Å². The summed E-state index contributed by atoms with van der Waals surface area (Å²) in [5.41, 5.74) is 8.00. The summed E-state index contributed by atoms with van der Waals surface area (Å²) >= 11 is 0. The third kappa shape index (κ3) is 3.90. The highest BCUT2D eigenvalue weighted by Crippen LogP contribution is 2.37. The Labute approximate surface area is 198 Å². The van der Waals surface area contributed by atoms with Crippen molar-refractivity contribution in [3.8, 4) is 22.5 Å². The van der Waals surface area contributed by atoms with Crippen molar-refractivity contribution >= 4 is 5.91 Å². The van der Waals surface area contributed by atoms with E-state index in [2.05, 4.69) is 58.4 Å². The van der Waals surface area contributed by atoms with Gasteiger partial charge in [0.2, 0.25) is 11.7 Å². The van der Waals surface area contributed by atoms with Gasteiger partial charge in [0.15, 0.2) is 0 Å². The van der Waals surface area contributed by atoms with E-state index in [0.717, 1.165) is 30.6 Å². The second-order valence-electron chi connectivity index (χ2n) is 9.15. The van der Waals surface area contributed by atoms with Gasteiger partial charge in [0.05, 0.1) is 6.54 Å². The maximum atomic E-state index is 13.2. The minimum Gasteiger partial charge on any atom is -0.338 e. The molecule has 4 aromatic rings. The first-order valence-electron chi connectivity index (χ1n) is 11.8. The highest BCUT2D eigenvalue weighted by atomic mass is 16.5. The van der Waals surface area contributed by atoms with Crippen LogP contribution in [0.15, 0.2) is 71.3 Å². The molecule has 2 aliphatic rings. The maximum Gasteiger partial charge on any atom is 0.253 e. The molecule has 0 unspecified atom stereocenters. The van der Waals surface area contributed by atoms with Crippen LogP contribution in [-0.4, -0.2) is 52.0 Å². The number of fused-ring (bicyclic) bond motifs is 3. The van der Waals surface area contributed by atoms with E-state index in [9.17, 15) is 4.79 Å². The van der Waals surface area contributed by atoms with Gasteiger partial charge in [0, 0.05) is 37.3 Å². The molecule has 0 bridgehead atoms. The monoisotopic (exact) mass is 450 g/mol. The molecule has 1 saturated heterocycles. The first-order valence-corrected chi connectivity index (χ1v) is 11.8. The number of hydrogen-bond acceptors (Lipinski definition) is 5. The Morgan fingerprint density at radius 1 is 0.912 bits per heavy atom. The van der Waals surface area contributed by atoms with E-state index in [1.54, 1.807) is 0 Å². The summed E-state index contributed by atoms with van der Waals surface area (Å²) in [6, 6.07) is 22.7. The van der Waals surface area contributed by atoms with Gasteiger partial charge >= 0.3 is 0 Å². The second kappa shape index (κ2) is 8.54. The van der Waals surface area contributed by atoms with Gasteiger partial charge < -0.3 is 9.42 Å². The van der Waals surface area contributed by atoms with Crippen molar-refractivity contribution < 1.29 is 9.32 Å². The summed E-state index contributed by atoms with van der Waals surface area (Å²) in [6.07, 6.45) is 0.944. The molecular weight excluding hydrogens is 424 g/mol. The van der Waals surface area contributed by atoms with E-state index < -0.39 is 0 Å². The lowest BCUT2D eigenvalue weighted by Crippen LogP contribution is -2.48. The molecule has 1 aliphatic carbocycles. The predicted molar refractivity (Wildman–Crippen MR) is 130 cm³/mol. The largest absolute Gasteiger partial charge is 0.338 e. The fraction of sp³-hybridized carbons (Fsp3) is 0.250. The lowest BCUT2D eigenvalue weighted by Gasteiger charge is -2.34. The predicted octanol–water partition coefficient (Wildman–Crippen LogP) is 4.57. The van der Waals surface area contributed by atoms with Crippen molar-refractivity contribution in [2.75, 3.05) is 26.2 Å². The Bertz CT molecular complexity index is 1350. The fourth-order valence-corrected chi connectivity index (χ4v) is 4.88. The average Bonchev–Trinajstić information content (AvgIpc) is 3.49. The maximum absolute atomic E-state index is 13.2. The normalized spacial score (nSPS) is 15.3. The zero-order chi connectivity index (χ0) is 23.1. The van der Waals surface area contributed by atoms with Crippen LogP contribution >= 0.6 is 0 Å². The fourth-order valence-electron chi connectivity index (χ4n) is 4.88. The Morgan fingerprint density at radius 3 is 2.50 bits per heavy atom. The number of benzene rings is 3. The molecular formula is C28H26N4O2. The van der Waals surface area contributed by atoms with Crippen LogP contribution in [0.2, 0.25) is 0 Å². The molecule has 6 nitrogen and oxygen atoms in total. The molecule has 0 spiro atoms. The first-order chi connectivity index (χ1) is 16.6. The average molecular weight is 451 g/mol. The van der Waals surface area contributed by atoms with E-state index in [1.165, 1.54) is 27.8 Å². The molecule has 0 N–H and O–H groups in total. The Morgan fingerprint density at radius 2 is 1.68 bits per heavy atom. The van der Waals surface area contributed by atoms with Crippen molar-refractivity contribution in [3.63, 3.8) is 0 Å². The van der Waals surface area contributed by atoms with Gasteiger partial charge in [-0.1, -0.05) is 65.3 Å². The van der Waals surface area contributed by atoms with Crippen LogP contribution in [0.4, 0.5) is 0 Å². The number of carbonyl (C=O) groups is 1. The molecule has 2 heterocycles. The molecule has 1 amide bonds. The SMILES string of the molecule is Cc1ccc(-c2noc(CN3CCN(C(=O)c4ccc5c(c4)-c4ccccc4C5)CC3)n2)cc1. The number of aryl methyl sites for hydroxylation is 1. The summed E-state index contributed by atoms with van der Waals surface area (Å²) in [4.78, 5) is 22.0. The highest BCUT2D eigenvalue weighted by molar-refractivity contribution is 5.96. The molecule has 0 radical (unpaired) electrons. The lowest BCUT2D eigenvalue weighted by molar-refractivity contribution is 0.0615. The van der Waals surface area contributed by atoms with Gasteiger partial charge in [0.25, 0.3) is 5.91 Å². The van der Waals surface area contributed by atoms with E-state index in [1.807, 2.05) is 35.2 Å². The number of piperazine rings is 1. The molecule has 170 valence electrons. The third-order valence-corrected chi connectivity index (χ3v) is 6.84. The van der Waals surface area contributed by atoms with E-state index in [0.29, 0.717) is 31.3 Å². The standard InChI is InChI=1S/C28H26N4O2/c1-19-6-8-20(9-7-19)27-29-26(34-30-27)18-31-12-14-32(15-13-31)28(33)23-11-10-22-16-21-4-2-3-5-24(21)25(22)17-23/h2-11,17H,12-16,18H2,1H3. The van der Waals surface area contributed by atoms with Gasteiger partial charge in [-0.05, 0) is 47.7 Å². The van der Waals surface area contributed by atoms with Crippen LogP contribution in [0.5, 0.6) is 0 Å². The summed E-state index contributed by atoms with van der Waals surface area (Å²) in [6.45, 7) is 5.58. The van der Waals surface area contributed by atoms with Crippen LogP contribution in [0.3, 0.4) is 0 Å². The van der Waals surface area contributed by atoms with Crippen LogP contribution in [-0.2, 0) is 13.0 Å². The van der Waals surface area contributed by atoms with Crippen LogP contribution in [0.25, 0.3) is 22.5 Å². The van der Waals surface area contributed by atoms with Crippen molar-refractivity contribution in [1.82, 2.24) is 19.9 Å². The Kier molecular flexibility index (Phi) is 5.23. The number of aromatic nitrogens is 2. The molecule has 6 heteroatoms. The second-order valence-corrected chi connectivity index (χ2v) is 9.15. The summed E-state index contributed by atoms with van der Waals surface area (Å²) in [7, 11) is 0. The Balaban J connectivity index is 1.09. The van der Waals surface area contributed by atoms with Crippen molar-refractivity contribution in [2.24, 2.45) is 0 Å². The minimum absolute atomic E-state index is 0.103. The van der Waals surface area contributed by atoms with Crippen molar-refractivity contribution in [2.45, 2.75) is 19.9 Å². The summed E-state index contributed by atoms with van der Waals surface area (Å²) < 4.78 is 5.48. The quantitative estimate of drug-likeness (QED) is 0.401. The summed E-state index contributed by atoms with van der Waals surface area (Å²) in [5, 5.41) is 4.13. The van der Waals surface area contributed by atoms with Crippen LogP contribution < -0.4 is 0 Å². The molecule has 1 aromatic heterocycles. The topological polar surface area (TPSA) is 62.5 Å². The molecule has 3 aromatic carbocycles. The summed E-state index contributed by atoms with van der Waals surface area (Å²) in [5.74, 6) is 1.32. The Hall–Kier alpha value is -3.77. The number of hydrogen-bond donors (Lipinski definition) is 0. The van der Waals surface area contributed by atoms with Gasteiger partial charge in [-0.3, -0.25) is 9.69 Å². The number of rotatable bonds is 4. The smallest absolute Gasteiger partial charge is 0.253 e. The zero-order valence-corrected chi connectivity index (χ0v) is 19.2. The van der Waals surface area contributed by atoms with Crippen molar-refractivity contribution in [3.05, 3.63) is 94.9 Å². The molecule has 0 atom stereocenters. The van der Waals surface area contributed by atoms with E-state index in [4.69, 9.17) is 4.52 Å². The van der Waals surface area contributed by atoms with Gasteiger partial charge in [0.1, 0.15) is 0 Å². The molecule has 6 rings (SSSR count). The number of carbonyl (C=O) groups excluding carboxylic acids is 1. The lowest BCUT2D eigenvalue weighted by atomic mass is 10.0. The molecule has 34 heavy (non-hydrogen) atoms. The van der Waals surface area contributed by atoms with Crippen LogP contribution in [0, 0.1) is 6.92 Å². The van der Waals surface area contributed by atoms with E-state index >= 15 is 0 Å². The van der Waals surface area contributed by atoms with Crippen LogP contribution in [0.1, 0.15) is 32.9 Å². The molecule has 1 aliphatic heterocycles. The number of nitrogens with zero attached hydrogens (tertiary/aromatic N) is 4. The minimum atomic E-state index is 0.103. The third-order valence-electron chi connectivity index (χ3n) is 6.84.